The monoisotopic (exact) mass is 215 g/mol. The molecule has 2 aliphatic heterocycles. The zero-order chi connectivity index (χ0) is 9.80. The highest BCUT2D eigenvalue weighted by molar-refractivity contribution is 7.99. The minimum atomic E-state index is 0.476. The third kappa shape index (κ3) is 2.88. The van der Waals surface area contributed by atoms with Crippen LogP contribution in [0.4, 0.5) is 0 Å². The van der Waals surface area contributed by atoms with Crippen molar-refractivity contribution in [2.24, 2.45) is 0 Å². The Morgan fingerprint density at radius 1 is 1.29 bits per heavy atom. The van der Waals surface area contributed by atoms with Crippen LogP contribution in [0.3, 0.4) is 0 Å². The predicted molar refractivity (Wildman–Crippen MR) is 61.9 cm³/mol. The van der Waals surface area contributed by atoms with E-state index < -0.39 is 0 Å². The lowest BCUT2D eigenvalue weighted by atomic mass is 10.1. The minimum absolute atomic E-state index is 0.476. The molecule has 82 valence electrons. The fraction of sp³-hybridized carbons (Fsp3) is 1.00. The zero-order valence-corrected chi connectivity index (χ0v) is 9.81. The number of thioether (sulfide) groups is 1. The lowest BCUT2D eigenvalue weighted by molar-refractivity contribution is 0.0792. The molecule has 1 N–H and O–H groups in total. The predicted octanol–water partition coefficient (Wildman–Crippen LogP) is 2.04. The van der Waals surface area contributed by atoms with Gasteiger partial charge in [0.1, 0.15) is 0 Å². The fourth-order valence-electron chi connectivity index (χ4n) is 2.34. The first-order chi connectivity index (χ1) is 6.86. The molecule has 0 radical (unpaired) electrons. The maximum atomic E-state index is 5.69. The SMILES string of the molecule is CC(NC1CCSCC1)C1CCCO1. The molecule has 0 amide bonds. The van der Waals surface area contributed by atoms with Crippen LogP contribution in [0.1, 0.15) is 32.6 Å². The molecular formula is C11H21NOS. The summed E-state index contributed by atoms with van der Waals surface area (Å²) in [5.74, 6) is 2.66. The molecule has 0 bridgehead atoms. The highest BCUT2D eigenvalue weighted by atomic mass is 32.2. The van der Waals surface area contributed by atoms with Crippen molar-refractivity contribution in [3.05, 3.63) is 0 Å². The van der Waals surface area contributed by atoms with Gasteiger partial charge in [-0.25, -0.2) is 0 Å². The minimum Gasteiger partial charge on any atom is -0.377 e. The Kier molecular flexibility index (Phi) is 4.14. The molecule has 2 fully saturated rings. The molecule has 2 saturated heterocycles. The quantitative estimate of drug-likeness (QED) is 0.778. The van der Waals surface area contributed by atoms with Gasteiger partial charge in [0.2, 0.25) is 0 Å². The zero-order valence-electron chi connectivity index (χ0n) is 9.00. The third-order valence-electron chi connectivity index (χ3n) is 3.24. The molecule has 0 aliphatic carbocycles. The molecular weight excluding hydrogens is 194 g/mol. The standard InChI is InChI=1S/C11H21NOS/c1-9(11-3-2-6-13-11)12-10-4-7-14-8-5-10/h9-12H,2-8H2,1H3. The topological polar surface area (TPSA) is 21.3 Å². The van der Waals surface area contributed by atoms with E-state index in [1.807, 2.05) is 0 Å². The molecule has 0 aromatic carbocycles. The Labute approximate surface area is 91.2 Å². The first kappa shape index (κ1) is 10.8. The Hall–Kier alpha value is 0.270. The van der Waals surface area contributed by atoms with Crippen molar-refractivity contribution in [2.45, 2.75) is 50.8 Å². The van der Waals surface area contributed by atoms with Gasteiger partial charge in [0, 0.05) is 18.7 Å². The van der Waals surface area contributed by atoms with Gasteiger partial charge in [0.15, 0.2) is 0 Å². The number of hydrogen-bond acceptors (Lipinski definition) is 3. The maximum Gasteiger partial charge on any atom is 0.0726 e. The van der Waals surface area contributed by atoms with Crippen LogP contribution in [-0.2, 0) is 4.74 Å². The number of ether oxygens (including phenoxy) is 1. The van der Waals surface area contributed by atoms with Gasteiger partial charge in [-0.05, 0) is 44.1 Å². The van der Waals surface area contributed by atoms with Gasteiger partial charge in [-0.1, -0.05) is 0 Å². The summed E-state index contributed by atoms with van der Waals surface area (Å²) in [5.41, 5.74) is 0. The second-order valence-corrected chi connectivity index (χ2v) is 5.62. The van der Waals surface area contributed by atoms with E-state index in [1.54, 1.807) is 0 Å². The van der Waals surface area contributed by atoms with Crippen molar-refractivity contribution in [1.29, 1.82) is 0 Å². The van der Waals surface area contributed by atoms with Gasteiger partial charge in [-0.3, -0.25) is 0 Å². The van der Waals surface area contributed by atoms with Crippen LogP contribution in [-0.4, -0.2) is 36.3 Å². The van der Waals surface area contributed by atoms with E-state index in [0.29, 0.717) is 12.1 Å². The molecule has 0 aromatic rings. The van der Waals surface area contributed by atoms with Crippen molar-refractivity contribution in [2.75, 3.05) is 18.1 Å². The second kappa shape index (κ2) is 5.38. The first-order valence-electron chi connectivity index (χ1n) is 5.81. The summed E-state index contributed by atoms with van der Waals surface area (Å²) in [6.45, 7) is 3.24. The van der Waals surface area contributed by atoms with Crippen LogP contribution in [0.15, 0.2) is 0 Å². The largest absolute Gasteiger partial charge is 0.377 e. The van der Waals surface area contributed by atoms with E-state index in [1.165, 1.54) is 37.2 Å². The maximum absolute atomic E-state index is 5.69. The van der Waals surface area contributed by atoms with E-state index in [2.05, 4.69) is 24.0 Å². The molecule has 2 unspecified atom stereocenters. The average Bonchev–Trinajstić information content (AvgIpc) is 2.72. The van der Waals surface area contributed by atoms with Crippen LogP contribution in [0.5, 0.6) is 0 Å². The number of rotatable bonds is 3. The fourth-order valence-corrected chi connectivity index (χ4v) is 3.45. The molecule has 14 heavy (non-hydrogen) atoms. The Morgan fingerprint density at radius 3 is 2.71 bits per heavy atom. The summed E-state index contributed by atoms with van der Waals surface area (Å²) < 4.78 is 5.69. The van der Waals surface area contributed by atoms with Crippen molar-refractivity contribution >= 4 is 11.8 Å². The summed E-state index contributed by atoms with van der Waals surface area (Å²) >= 11 is 2.09. The first-order valence-corrected chi connectivity index (χ1v) is 6.97. The molecule has 0 aromatic heterocycles. The van der Waals surface area contributed by atoms with Gasteiger partial charge in [0.05, 0.1) is 6.10 Å². The van der Waals surface area contributed by atoms with Crippen LogP contribution in [0, 0.1) is 0 Å². The van der Waals surface area contributed by atoms with Crippen molar-refractivity contribution in [3.63, 3.8) is 0 Å². The summed E-state index contributed by atoms with van der Waals surface area (Å²) in [6, 6.07) is 1.29. The van der Waals surface area contributed by atoms with E-state index >= 15 is 0 Å². The lowest BCUT2D eigenvalue weighted by Crippen LogP contribution is -2.44. The molecule has 3 heteroatoms. The lowest BCUT2D eigenvalue weighted by Gasteiger charge is -2.29. The average molecular weight is 215 g/mol. The highest BCUT2D eigenvalue weighted by Crippen LogP contribution is 2.20. The summed E-state index contributed by atoms with van der Waals surface area (Å²) in [5, 5.41) is 3.72. The van der Waals surface area contributed by atoms with Crippen LogP contribution >= 0.6 is 11.8 Å². The highest BCUT2D eigenvalue weighted by Gasteiger charge is 2.24. The molecule has 0 saturated carbocycles. The molecule has 0 spiro atoms. The summed E-state index contributed by atoms with van der Waals surface area (Å²) in [4.78, 5) is 0. The van der Waals surface area contributed by atoms with E-state index in [0.717, 1.165) is 12.6 Å². The van der Waals surface area contributed by atoms with Crippen LogP contribution in [0.25, 0.3) is 0 Å². The van der Waals surface area contributed by atoms with Gasteiger partial charge < -0.3 is 10.1 Å². The Morgan fingerprint density at radius 2 is 2.07 bits per heavy atom. The Bertz CT molecular complexity index is 165. The third-order valence-corrected chi connectivity index (χ3v) is 4.29. The normalized spacial score (nSPS) is 31.9. The van der Waals surface area contributed by atoms with Gasteiger partial charge in [0.25, 0.3) is 0 Å². The number of nitrogens with one attached hydrogen (secondary N) is 1. The molecule has 2 aliphatic rings. The van der Waals surface area contributed by atoms with Crippen molar-refractivity contribution in [1.82, 2.24) is 5.32 Å². The summed E-state index contributed by atoms with van der Waals surface area (Å²) in [7, 11) is 0. The van der Waals surface area contributed by atoms with Crippen molar-refractivity contribution < 1.29 is 4.74 Å². The summed E-state index contributed by atoms with van der Waals surface area (Å²) in [6.07, 6.45) is 5.64. The van der Waals surface area contributed by atoms with E-state index in [4.69, 9.17) is 4.74 Å². The Balaban J connectivity index is 1.72. The van der Waals surface area contributed by atoms with Crippen molar-refractivity contribution in [3.8, 4) is 0 Å². The molecule has 2 rings (SSSR count). The van der Waals surface area contributed by atoms with Gasteiger partial charge in [-0.15, -0.1) is 0 Å². The van der Waals surface area contributed by atoms with Crippen LogP contribution < -0.4 is 5.32 Å². The smallest absolute Gasteiger partial charge is 0.0726 e. The van der Waals surface area contributed by atoms with E-state index in [-0.39, 0.29) is 0 Å². The van der Waals surface area contributed by atoms with Gasteiger partial charge in [-0.2, -0.15) is 11.8 Å². The van der Waals surface area contributed by atoms with Gasteiger partial charge >= 0.3 is 0 Å². The molecule has 2 heterocycles. The molecule has 2 nitrogen and oxygen atoms in total. The molecule has 2 atom stereocenters. The second-order valence-electron chi connectivity index (χ2n) is 4.39. The number of hydrogen-bond donors (Lipinski definition) is 1. The van der Waals surface area contributed by atoms with E-state index in [9.17, 15) is 0 Å². The van der Waals surface area contributed by atoms with Crippen LogP contribution in [0.2, 0.25) is 0 Å².